The van der Waals surface area contributed by atoms with Gasteiger partial charge in [-0.2, -0.15) is 13.2 Å². The van der Waals surface area contributed by atoms with Gasteiger partial charge in [0, 0.05) is 38.0 Å². The Bertz CT molecular complexity index is 383. The van der Waals surface area contributed by atoms with Crippen LogP contribution in [-0.4, -0.2) is 41.6 Å². The molecule has 2 N–H and O–H groups in total. The summed E-state index contributed by atoms with van der Waals surface area (Å²) >= 11 is 0. The van der Waals surface area contributed by atoms with Crippen molar-refractivity contribution in [2.45, 2.75) is 37.9 Å². The zero-order valence-electron chi connectivity index (χ0n) is 10.6. The molecule has 1 unspecified atom stereocenters. The molecule has 8 heteroatoms. The topological polar surface area (TPSA) is 47.6 Å². The summed E-state index contributed by atoms with van der Waals surface area (Å²) in [5, 5.41) is 1.67. The Hall–Kier alpha value is -1.44. The van der Waals surface area contributed by atoms with Crippen molar-refractivity contribution in [3.8, 4) is 0 Å². The third kappa shape index (κ3) is 3.31. The van der Waals surface area contributed by atoms with Gasteiger partial charge in [0.1, 0.15) is 0 Å². The number of likely N-dealkylation sites (tertiary alicyclic amines) is 1. The van der Waals surface area contributed by atoms with E-state index in [1.165, 1.54) is 0 Å². The lowest BCUT2D eigenvalue weighted by molar-refractivity contribution is -0.189. The summed E-state index contributed by atoms with van der Waals surface area (Å²) in [5.74, 6) is -1.72. The highest BCUT2D eigenvalue weighted by molar-refractivity contribution is 5.82. The summed E-state index contributed by atoms with van der Waals surface area (Å²) in [5.41, 5.74) is 6.45. The van der Waals surface area contributed by atoms with Crippen LogP contribution in [0.1, 0.15) is 25.7 Å². The number of hydrogen-bond donors (Lipinski definition) is 2. The Balaban J connectivity index is 2.04. The van der Waals surface area contributed by atoms with E-state index >= 15 is 0 Å². The van der Waals surface area contributed by atoms with E-state index in [2.05, 4.69) is 11.0 Å². The molecule has 19 heavy (non-hydrogen) atoms. The van der Waals surface area contributed by atoms with Crippen LogP contribution in [0.2, 0.25) is 0 Å². The highest BCUT2D eigenvalue weighted by atomic mass is 19.4. The molecule has 2 rings (SSSR count). The van der Waals surface area contributed by atoms with Gasteiger partial charge in [0.25, 0.3) is 0 Å². The fraction of sp³-hybridized carbons (Fsp3) is 0.727. The average Bonchev–Trinajstić information content (AvgIpc) is 2.73. The minimum Gasteiger partial charge on any atom is -0.332 e. The van der Waals surface area contributed by atoms with E-state index in [0.717, 1.165) is 17.0 Å². The number of piperidine rings is 1. The van der Waals surface area contributed by atoms with E-state index in [1.807, 2.05) is 0 Å². The van der Waals surface area contributed by atoms with Gasteiger partial charge in [0.15, 0.2) is 0 Å². The quantitative estimate of drug-likeness (QED) is 0.794. The van der Waals surface area contributed by atoms with Crippen molar-refractivity contribution >= 4 is 5.91 Å². The van der Waals surface area contributed by atoms with Crippen molar-refractivity contribution in [1.82, 2.24) is 20.9 Å². The Morgan fingerprint density at radius 1 is 1.47 bits per heavy atom. The van der Waals surface area contributed by atoms with Crippen molar-refractivity contribution in [1.29, 1.82) is 0 Å². The summed E-state index contributed by atoms with van der Waals surface area (Å²) in [6, 6.07) is -0.394. The minimum absolute atomic E-state index is 0.180. The zero-order valence-corrected chi connectivity index (χ0v) is 10.6. The molecule has 0 aliphatic carbocycles. The molecule has 0 spiro atoms. The van der Waals surface area contributed by atoms with Gasteiger partial charge in [-0.25, -0.2) is 0 Å². The van der Waals surface area contributed by atoms with Gasteiger partial charge in [-0.05, 0) is 19.3 Å². The molecule has 0 saturated carbocycles. The SMILES string of the molecule is CN1C=C(CC2CCCCN2C(=O)C(F)(F)F)NN1. The van der Waals surface area contributed by atoms with Crippen LogP contribution in [0.4, 0.5) is 13.2 Å². The maximum absolute atomic E-state index is 12.5. The van der Waals surface area contributed by atoms with E-state index in [-0.39, 0.29) is 6.54 Å². The van der Waals surface area contributed by atoms with Crippen LogP contribution in [0.15, 0.2) is 11.9 Å². The average molecular weight is 278 g/mol. The minimum atomic E-state index is -4.79. The molecule has 0 aromatic heterocycles. The molecular formula is C11H17F3N4O. The van der Waals surface area contributed by atoms with Crippen molar-refractivity contribution in [2.24, 2.45) is 0 Å². The molecular weight excluding hydrogens is 261 g/mol. The van der Waals surface area contributed by atoms with Crippen LogP contribution in [0, 0.1) is 0 Å². The first kappa shape index (κ1) is 14.0. The molecule has 2 aliphatic heterocycles. The smallest absolute Gasteiger partial charge is 0.332 e. The summed E-state index contributed by atoms with van der Waals surface area (Å²) in [6.07, 6.45) is -0.539. The van der Waals surface area contributed by atoms with Crippen molar-refractivity contribution in [3.05, 3.63) is 11.9 Å². The second kappa shape index (κ2) is 5.28. The van der Waals surface area contributed by atoms with Crippen LogP contribution in [0.25, 0.3) is 0 Å². The Labute approximate surface area is 109 Å². The first-order valence-corrected chi connectivity index (χ1v) is 6.21. The summed E-state index contributed by atoms with van der Waals surface area (Å²) in [6.45, 7) is 0.180. The van der Waals surface area contributed by atoms with Gasteiger partial charge in [0.2, 0.25) is 0 Å². The summed E-state index contributed by atoms with van der Waals surface area (Å²) < 4.78 is 37.6. The van der Waals surface area contributed by atoms with E-state index < -0.39 is 18.1 Å². The van der Waals surface area contributed by atoms with Gasteiger partial charge < -0.3 is 10.3 Å². The predicted molar refractivity (Wildman–Crippen MR) is 62.1 cm³/mol. The maximum Gasteiger partial charge on any atom is 0.471 e. The molecule has 108 valence electrons. The first-order valence-electron chi connectivity index (χ1n) is 6.21. The third-order valence-electron chi connectivity index (χ3n) is 3.33. The Morgan fingerprint density at radius 3 is 2.79 bits per heavy atom. The summed E-state index contributed by atoms with van der Waals surface area (Å²) in [7, 11) is 1.78. The molecule has 0 bridgehead atoms. The fourth-order valence-electron chi connectivity index (χ4n) is 2.46. The molecule has 2 aliphatic rings. The van der Waals surface area contributed by atoms with Crippen LogP contribution >= 0.6 is 0 Å². The highest BCUT2D eigenvalue weighted by Gasteiger charge is 2.45. The van der Waals surface area contributed by atoms with E-state index in [1.54, 1.807) is 18.3 Å². The molecule has 1 atom stereocenters. The zero-order chi connectivity index (χ0) is 14.0. The number of carbonyl (C=O) groups excluding carboxylic acids is 1. The third-order valence-corrected chi connectivity index (χ3v) is 3.33. The molecule has 1 fully saturated rings. The van der Waals surface area contributed by atoms with Crippen LogP contribution in [0.3, 0.4) is 0 Å². The lowest BCUT2D eigenvalue weighted by Gasteiger charge is -2.36. The lowest BCUT2D eigenvalue weighted by atomic mass is 9.98. The van der Waals surface area contributed by atoms with Gasteiger partial charge >= 0.3 is 12.1 Å². The van der Waals surface area contributed by atoms with Crippen molar-refractivity contribution < 1.29 is 18.0 Å². The largest absolute Gasteiger partial charge is 0.471 e. The molecule has 2 heterocycles. The molecule has 1 saturated heterocycles. The first-order chi connectivity index (χ1) is 8.88. The Kier molecular flexibility index (Phi) is 3.88. The number of carbonyl (C=O) groups is 1. The number of amides is 1. The maximum atomic E-state index is 12.5. The monoisotopic (exact) mass is 278 g/mol. The Morgan fingerprint density at radius 2 is 2.21 bits per heavy atom. The number of rotatable bonds is 2. The van der Waals surface area contributed by atoms with Gasteiger partial charge in [0.05, 0.1) is 0 Å². The fourth-order valence-corrected chi connectivity index (χ4v) is 2.46. The van der Waals surface area contributed by atoms with Crippen LogP contribution in [-0.2, 0) is 4.79 Å². The molecule has 0 aromatic carbocycles. The number of halogens is 3. The van der Waals surface area contributed by atoms with Gasteiger partial charge in [-0.3, -0.25) is 9.80 Å². The lowest BCUT2D eigenvalue weighted by Crippen LogP contribution is -2.50. The van der Waals surface area contributed by atoms with Crippen molar-refractivity contribution in [2.75, 3.05) is 13.6 Å². The number of nitrogens with zero attached hydrogens (tertiary/aromatic N) is 2. The molecule has 1 amide bonds. The van der Waals surface area contributed by atoms with Gasteiger partial charge in [-0.15, -0.1) is 5.53 Å². The molecule has 0 radical (unpaired) electrons. The number of hydrazine groups is 2. The summed E-state index contributed by atoms with van der Waals surface area (Å²) in [4.78, 5) is 12.4. The molecule has 5 nitrogen and oxygen atoms in total. The van der Waals surface area contributed by atoms with Crippen LogP contribution in [0.5, 0.6) is 0 Å². The second-order valence-electron chi connectivity index (χ2n) is 4.85. The van der Waals surface area contributed by atoms with Crippen LogP contribution < -0.4 is 11.0 Å². The van der Waals surface area contributed by atoms with Gasteiger partial charge in [-0.1, -0.05) is 0 Å². The number of alkyl halides is 3. The van der Waals surface area contributed by atoms with E-state index in [4.69, 9.17) is 0 Å². The highest BCUT2D eigenvalue weighted by Crippen LogP contribution is 2.28. The van der Waals surface area contributed by atoms with E-state index in [0.29, 0.717) is 19.3 Å². The number of hydrogen-bond acceptors (Lipinski definition) is 4. The second-order valence-corrected chi connectivity index (χ2v) is 4.85. The standard InChI is InChI=1S/C11H17F3N4O/c1-17-7-8(15-16-17)6-9-4-2-3-5-18(9)10(19)11(12,13)14/h7,9,15-16H,2-6H2,1H3. The van der Waals surface area contributed by atoms with E-state index in [9.17, 15) is 18.0 Å². The van der Waals surface area contributed by atoms with Crippen molar-refractivity contribution in [3.63, 3.8) is 0 Å². The predicted octanol–water partition coefficient (Wildman–Crippen LogP) is 1.12. The molecule has 0 aromatic rings. The number of nitrogens with one attached hydrogen (secondary N) is 2. The normalized spacial score (nSPS) is 24.2.